The summed E-state index contributed by atoms with van der Waals surface area (Å²) in [5.74, 6) is -0.177. The average Bonchev–Trinajstić information content (AvgIpc) is 2.48. The summed E-state index contributed by atoms with van der Waals surface area (Å²) < 4.78 is 6.44. The van der Waals surface area contributed by atoms with Crippen molar-refractivity contribution in [2.24, 2.45) is 7.05 Å². The van der Waals surface area contributed by atoms with Crippen molar-refractivity contribution in [3.05, 3.63) is 11.9 Å². The minimum atomic E-state index is -0.177. The third-order valence-corrected chi connectivity index (χ3v) is 1.70. The maximum absolute atomic E-state index is 11.0. The first-order valence-corrected chi connectivity index (χ1v) is 4.23. The molecule has 1 aromatic rings. The smallest absolute Gasteiger partial charge is 0.306 e. The number of nitrogens with zero attached hydrogens (tertiary/aromatic N) is 3. The van der Waals surface area contributed by atoms with Gasteiger partial charge in [0.05, 0.1) is 24.9 Å². The molecule has 1 rings (SSSR count). The SMILES string of the molecule is CCOC(=O)CCc1cnnn1C. The molecule has 1 aromatic heterocycles. The predicted molar refractivity (Wildman–Crippen MR) is 46.0 cm³/mol. The third kappa shape index (κ3) is 2.85. The lowest BCUT2D eigenvalue weighted by molar-refractivity contribution is -0.143. The highest BCUT2D eigenvalue weighted by Crippen LogP contribution is 1.99. The molecule has 0 aliphatic carbocycles. The lowest BCUT2D eigenvalue weighted by Crippen LogP contribution is -2.07. The second-order valence-electron chi connectivity index (χ2n) is 2.65. The van der Waals surface area contributed by atoms with Crippen LogP contribution in [0.1, 0.15) is 19.0 Å². The number of aryl methyl sites for hydroxylation is 2. The van der Waals surface area contributed by atoms with Crippen LogP contribution < -0.4 is 0 Å². The fraction of sp³-hybridized carbons (Fsp3) is 0.625. The van der Waals surface area contributed by atoms with Crippen LogP contribution in [0, 0.1) is 0 Å². The molecule has 0 amide bonds. The molecule has 13 heavy (non-hydrogen) atoms. The summed E-state index contributed by atoms with van der Waals surface area (Å²) in [7, 11) is 1.80. The molecule has 0 spiro atoms. The summed E-state index contributed by atoms with van der Waals surface area (Å²) in [4.78, 5) is 11.0. The first-order chi connectivity index (χ1) is 6.24. The van der Waals surface area contributed by atoms with Crippen molar-refractivity contribution in [2.75, 3.05) is 6.61 Å². The largest absolute Gasteiger partial charge is 0.466 e. The van der Waals surface area contributed by atoms with Crippen molar-refractivity contribution in [1.82, 2.24) is 15.0 Å². The predicted octanol–water partition coefficient (Wildman–Crippen LogP) is 0.311. The number of carbonyl (C=O) groups excluding carboxylic acids is 1. The fourth-order valence-corrected chi connectivity index (χ4v) is 1.00. The molecule has 1 heterocycles. The summed E-state index contributed by atoms with van der Waals surface area (Å²) >= 11 is 0. The van der Waals surface area contributed by atoms with Crippen molar-refractivity contribution < 1.29 is 9.53 Å². The van der Waals surface area contributed by atoms with E-state index in [0.29, 0.717) is 19.4 Å². The second kappa shape index (κ2) is 4.59. The summed E-state index contributed by atoms with van der Waals surface area (Å²) in [6.45, 7) is 2.23. The van der Waals surface area contributed by atoms with Crippen molar-refractivity contribution >= 4 is 5.97 Å². The van der Waals surface area contributed by atoms with Crippen LogP contribution in [0.2, 0.25) is 0 Å². The molecule has 0 saturated heterocycles. The van der Waals surface area contributed by atoms with Gasteiger partial charge in [-0.3, -0.25) is 9.48 Å². The molecule has 5 heteroatoms. The molecule has 0 aliphatic rings. The van der Waals surface area contributed by atoms with Gasteiger partial charge in [-0.1, -0.05) is 5.21 Å². The van der Waals surface area contributed by atoms with E-state index in [4.69, 9.17) is 4.74 Å². The number of rotatable bonds is 4. The van der Waals surface area contributed by atoms with E-state index >= 15 is 0 Å². The Labute approximate surface area is 76.7 Å². The summed E-state index contributed by atoms with van der Waals surface area (Å²) in [5.41, 5.74) is 0.938. The van der Waals surface area contributed by atoms with Gasteiger partial charge < -0.3 is 4.74 Å². The summed E-state index contributed by atoms with van der Waals surface area (Å²) in [5, 5.41) is 7.46. The van der Waals surface area contributed by atoms with Crippen LogP contribution >= 0.6 is 0 Å². The van der Waals surface area contributed by atoms with E-state index in [-0.39, 0.29) is 5.97 Å². The molecule has 72 valence electrons. The Bertz CT molecular complexity index is 283. The van der Waals surface area contributed by atoms with Gasteiger partial charge in [0.25, 0.3) is 0 Å². The van der Waals surface area contributed by atoms with Crippen molar-refractivity contribution in [3.63, 3.8) is 0 Å². The Morgan fingerprint density at radius 1 is 1.69 bits per heavy atom. The van der Waals surface area contributed by atoms with Crippen LogP contribution in [0.4, 0.5) is 0 Å². The molecule has 0 radical (unpaired) electrons. The molecule has 0 bridgehead atoms. The maximum Gasteiger partial charge on any atom is 0.306 e. The lowest BCUT2D eigenvalue weighted by atomic mass is 10.2. The average molecular weight is 183 g/mol. The third-order valence-electron chi connectivity index (χ3n) is 1.70. The van der Waals surface area contributed by atoms with Gasteiger partial charge in [-0.05, 0) is 6.92 Å². The van der Waals surface area contributed by atoms with Crippen molar-refractivity contribution in [2.45, 2.75) is 19.8 Å². The first kappa shape index (κ1) is 9.70. The van der Waals surface area contributed by atoms with Gasteiger partial charge in [-0.2, -0.15) is 0 Å². The molecule has 0 N–H and O–H groups in total. The van der Waals surface area contributed by atoms with Gasteiger partial charge in [0.2, 0.25) is 0 Å². The molecule has 0 saturated carbocycles. The van der Waals surface area contributed by atoms with E-state index in [2.05, 4.69) is 10.3 Å². The number of hydrogen-bond donors (Lipinski definition) is 0. The van der Waals surface area contributed by atoms with Crippen molar-refractivity contribution in [1.29, 1.82) is 0 Å². The van der Waals surface area contributed by atoms with E-state index in [0.717, 1.165) is 5.69 Å². The van der Waals surface area contributed by atoms with Crippen LogP contribution in [0.3, 0.4) is 0 Å². The zero-order chi connectivity index (χ0) is 9.68. The van der Waals surface area contributed by atoms with E-state index in [9.17, 15) is 4.79 Å². The van der Waals surface area contributed by atoms with Crippen LogP contribution in [-0.2, 0) is 23.0 Å². The normalized spacial score (nSPS) is 10.0. The Morgan fingerprint density at radius 2 is 2.46 bits per heavy atom. The molecule has 5 nitrogen and oxygen atoms in total. The highest BCUT2D eigenvalue weighted by molar-refractivity contribution is 5.69. The highest BCUT2D eigenvalue weighted by atomic mass is 16.5. The Balaban J connectivity index is 2.35. The minimum absolute atomic E-state index is 0.177. The topological polar surface area (TPSA) is 57.0 Å². The molecule has 0 atom stereocenters. The van der Waals surface area contributed by atoms with E-state index in [1.807, 2.05) is 0 Å². The van der Waals surface area contributed by atoms with Crippen LogP contribution in [-0.4, -0.2) is 27.6 Å². The monoisotopic (exact) mass is 183 g/mol. The number of esters is 1. The van der Waals surface area contributed by atoms with Gasteiger partial charge in [0, 0.05) is 13.5 Å². The quantitative estimate of drug-likeness (QED) is 0.630. The van der Waals surface area contributed by atoms with Gasteiger partial charge in [-0.15, -0.1) is 5.10 Å². The van der Waals surface area contributed by atoms with Gasteiger partial charge in [-0.25, -0.2) is 0 Å². The molecular weight excluding hydrogens is 170 g/mol. The van der Waals surface area contributed by atoms with Gasteiger partial charge in [0.15, 0.2) is 0 Å². The first-order valence-electron chi connectivity index (χ1n) is 4.23. The Morgan fingerprint density at radius 3 is 3.00 bits per heavy atom. The van der Waals surface area contributed by atoms with Gasteiger partial charge in [0.1, 0.15) is 0 Å². The van der Waals surface area contributed by atoms with Crippen LogP contribution in [0.5, 0.6) is 0 Å². The minimum Gasteiger partial charge on any atom is -0.466 e. The Kier molecular flexibility index (Phi) is 3.42. The number of aromatic nitrogens is 3. The Hall–Kier alpha value is -1.39. The molecule has 0 unspecified atom stereocenters. The lowest BCUT2D eigenvalue weighted by Gasteiger charge is -2.00. The van der Waals surface area contributed by atoms with Gasteiger partial charge >= 0.3 is 5.97 Å². The van der Waals surface area contributed by atoms with Crippen LogP contribution in [0.25, 0.3) is 0 Å². The molecule has 0 aromatic carbocycles. The maximum atomic E-state index is 11.0. The fourth-order valence-electron chi connectivity index (χ4n) is 1.00. The van der Waals surface area contributed by atoms with E-state index in [1.165, 1.54) is 0 Å². The second-order valence-corrected chi connectivity index (χ2v) is 2.65. The zero-order valence-electron chi connectivity index (χ0n) is 7.86. The molecule has 0 aliphatic heterocycles. The van der Waals surface area contributed by atoms with E-state index in [1.54, 1.807) is 24.9 Å². The number of carbonyl (C=O) groups is 1. The highest BCUT2D eigenvalue weighted by Gasteiger charge is 2.05. The van der Waals surface area contributed by atoms with E-state index < -0.39 is 0 Å². The molecule has 0 fully saturated rings. The number of hydrogen-bond acceptors (Lipinski definition) is 4. The van der Waals surface area contributed by atoms with Crippen LogP contribution in [0.15, 0.2) is 6.20 Å². The van der Waals surface area contributed by atoms with Crippen molar-refractivity contribution in [3.8, 4) is 0 Å². The summed E-state index contributed by atoms with van der Waals surface area (Å²) in [6.07, 6.45) is 2.66. The number of ether oxygens (including phenoxy) is 1. The zero-order valence-corrected chi connectivity index (χ0v) is 7.86. The standard InChI is InChI=1S/C8H13N3O2/c1-3-13-8(12)5-4-7-6-9-10-11(7)2/h6H,3-5H2,1-2H3. The molecular formula is C8H13N3O2. The summed E-state index contributed by atoms with van der Waals surface area (Å²) in [6, 6.07) is 0.